The molecule has 0 saturated carbocycles. The van der Waals surface area contributed by atoms with Gasteiger partial charge in [-0.1, -0.05) is 0 Å². The summed E-state index contributed by atoms with van der Waals surface area (Å²) in [4.78, 5) is 12.1. The summed E-state index contributed by atoms with van der Waals surface area (Å²) < 4.78 is 10.5. The number of carbonyl (C=O) groups is 1. The molecule has 3 N–H and O–H groups in total. The molecule has 0 unspecified atom stereocenters. The van der Waals surface area contributed by atoms with Crippen LogP contribution in [0.25, 0.3) is 0 Å². The Morgan fingerprint density at radius 1 is 1.26 bits per heavy atom. The lowest BCUT2D eigenvalue weighted by Gasteiger charge is -2.19. The van der Waals surface area contributed by atoms with Crippen LogP contribution in [-0.4, -0.2) is 32.2 Å². The average molecular weight is 266 g/mol. The molecule has 1 amide bonds. The molecule has 5 heteroatoms. The minimum Gasteiger partial charge on any atom is -0.496 e. The van der Waals surface area contributed by atoms with E-state index in [4.69, 9.17) is 15.2 Å². The number of benzene rings is 1. The van der Waals surface area contributed by atoms with Crippen LogP contribution >= 0.6 is 0 Å². The summed E-state index contributed by atoms with van der Waals surface area (Å²) in [6, 6.07) is 3.38. The zero-order chi connectivity index (χ0) is 14.6. The van der Waals surface area contributed by atoms with Gasteiger partial charge in [0.25, 0.3) is 5.91 Å². The molecule has 0 aromatic heterocycles. The fourth-order valence-corrected chi connectivity index (χ4v) is 1.63. The number of ether oxygens (including phenoxy) is 2. The van der Waals surface area contributed by atoms with E-state index in [0.717, 1.165) is 5.56 Å². The van der Waals surface area contributed by atoms with E-state index in [1.54, 1.807) is 26.4 Å². The van der Waals surface area contributed by atoms with Crippen molar-refractivity contribution >= 4 is 5.91 Å². The van der Waals surface area contributed by atoms with Gasteiger partial charge < -0.3 is 20.5 Å². The van der Waals surface area contributed by atoms with E-state index < -0.39 is 5.54 Å². The van der Waals surface area contributed by atoms with Crippen LogP contribution in [0.1, 0.15) is 29.8 Å². The summed E-state index contributed by atoms with van der Waals surface area (Å²) in [5, 5.41) is 2.79. The standard InChI is InChI=1S/C14H22N2O3/c1-9-11(18-4)6-10(7-12(9)19-5)13(17)16-8-14(2,3)15/h6-7H,8,15H2,1-5H3,(H,16,17). The maximum Gasteiger partial charge on any atom is 0.251 e. The molecule has 0 spiro atoms. The predicted molar refractivity (Wildman–Crippen MR) is 74.9 cm³/mol. The second-order valence-corrected chi connectivity index (χ2v) is 5.18. The monoisotopic (exact) mass is 266 g/mol. The van der Waals surface area contributed by atoms with Crippen molar-refractivity contribution in [3.05, 3.63) is 23.3 Å². The molecule has 106 valence electrons. The summed E-state index contributed by atoms with van der Waals surface area (Å²) in [6.45, 7) is 5.97. The van der Waals surface area contributed by atoms with Crippen molar-refractivity contribution in [1.82, 2.24) is 5.32 Å². The van der Waals surface area contributed by atoms with E-state index in [0.29, 0.717) is 23.6 Å². The second kappa shape index (κ2) is 5.93. The Balaban J connectivity index is 2.97. The maximum absolute atomic E-state index is 12.1. The van der Waals surface area contributed by atoms with Crippen molar-refractivity contribution in [2.24, 2.45) is 5.73 Å². The zero-order valence-corrected chi connectivity index (χ0v) is 12.2. The number of carbonyl (C=O) groups excluding carboxylic acids is 1. The van der Waals surface area contributed by atoms with E-state index in [-0.39, 0.29) is 5.91 Å². The van der Waals surface area contributed by atoms with Gasteiger partial charge in [0.15, 0.2) is 0 Å². The van der Waals surface area contributed by atoms with Gasteiger partial charge in [0, 0.05) is 23.2 Å². The number of methoxy groups -OCH3 is 2. The minimum absolute atomic E-state index is 0.199. The van der Waals surface area contributed by atoms with Gasteiger partial charge in [0.05, 0.1) is 14.2 Å². The molecule has 0 aliphatic rings. The van der Waals surface area contributed by atoms with Crippen LogP contribution in [0.15, 0.2) is 12.1 Å². The number of nitrogens with one attached hydrogen (secondary N) is 1. The highest BCUT2D eigenvalue weighted by molar-refractivity contribution is 5.95. The van der Waals surface area contributed by atoms with Gasteiger partial charge in [-0.15, -0.1) is 0 Å². The van der Waals surface area contributed by atoms with Gasteiger partial charge in [-0.2, -0.15) is 0 Å². The molecule has 0 radical (unpaired) electrons. The SMILES string of the molecule is COc1cc(C(=O)NCC(C)(C)N)cc(OC)c1C. The normalized spacial score (nSPS) is 11.1. The highest BCUT2D eigenvalue weighted by Crippen LogP contribution is 2.29. The molecule has 0 saturated heterocycles. The van der Waals surface area contributed by atoms with Crippen molar-refractivity contribution < 1.29 is 14.3 Å². The number of hydrogen-bond donors (Lipinski definition) is 2. The molecule has 1 aromatic carbocycles. The van der Waals surface area contributed by atoms with Gasteiger partial charge in [-0.25, -0.2) is 0 Å². The quantitative estimate of drug-likeness (QED) is 0.846. The number of hydrogen-bond acceptors (Lipinski definition) is 4. The molecular weight excluding hydrogens is 244 g/mol. The summed E-state index contributed by atoms with van der Waals surface area (Å²) >= 11 is 0. The van der Waals surface area contributed by atoms with Crippen LogP contribution in [0.4, 0.5) is 0 Å². The van der Waals surface area contributed by atoms with Crippen molar-refractivity contribution in [2.75, 3.05) is 20.8 Å². The zero-order valence-electron chi connectivity index (χ0n) is 12.2. The third kappa shape index (κ3) is 4.13. The Morgan fingerprint density at radius 3 is 2.11 bits per heavy atom. The average Bonchev–Trinajstić information content (AvgIpc) is 2.35. The molecule has 0 fully saturated rings. The van der Waals surface area contributed by atoms with E-state index >= 15 is 0 Å². The van der Waals surface area contributed by atoms with E-state index in [1.165, 1.54) is 0 Å². The first-order valence-electron chi connectivity index (χ1n) is 6.08. The predicted octanol–water partition coefficient (Wildman–Crippen LogP) is 1.48. The highest BCUT2D eigenvalue weighted by atomic mass is 16.5. The third-order valence-electron chi connectivity index (χ3n) is 2.72. The Kier molecular flexibility index (Phi) is 4.78. The Hall–Kier alpha value is -1.75. The molecule has 0 aliphatic carbocycles. The van der Waals surface area contributed by atoms with Crippen LogP contribution in [0.2, 0.25) is 0 Å². The van der Waals surface area contributed by atoms with Crippen LogP contribution < -0.4 is 20.5 Å². The molecule has 0 atom stereocenters. The third-order valence-corrected chi connectivity index (χ3v) is 2.72. The van der Waals surface area contributed by atoms with Gasteiger partial charge in [0.2, 0.25) is 0 Å². The molecule has 1 aromatic rings. The summed E-state index contributed by atoms with van der Waals surface area (Å²) in [7, 11) is 3.12. The minimum atomic E-state index is -0.450. The molecule has 0 aliphatic heterocycles. The Morgan fingerprint density at radius 2 is 1.74 bits per heavy atom. The van der Waals surface area contributed by atoms with E-state index in [2.05, 4.69) is 5.32 Å². The fourth-order valence-electron chi connectivity index (χ4n) is 1.63. The first-order valence-corrected chi connectivity index (χ1v) is 6.08. The first kappa shape index (κ1) is 15.3. The lowest BCUT2D eigenvalue weighted by atomic mass is 10.1. The smallest absolute Gasteiger partial charge is 0.251 e. The molecular formula is C14H22N2O3. The first-order chi connectivity index (χ1) is 8.78. The lowest BCUT2D eigenvalue weighted by molar-refractivity contribution is 0.0945. The number of amides is 1. The highest BCUT2D eigenvalue weighted by Gasteiger charge is 2.16. The summed E-state index contributed by atoms with van der Waals surface area (Å²) in [6.07, 6.45) is 0. The van der Waals surface area contributed by atoms with Gasteiger partial charge in [-0.3, -0.25) is 4.79 Å². The van der Waals surface area contributed by atoms with Gasteiger partial charge in [0.1, 0.15) is 11.5 Å². The number of nitrogens with two attached hydrogens (primary N) is 1. The molecule has 0 bridgehead atoms. The number of rotatable bonds is 5. The summed E-state index contributed by atoms with van der Waals surface area (Å²) in [5.74, 6) is 1.04. The summed E-state index contributed by atoms with van der Waals surface area (Å²) in [5.41, 5.74) is 6.74. The lowest BCUT2D eigenvalue weighted by Crippen LogP contribution is -2.45. The van der Waals surface area contributed by atoms with Crippen molar-refractivity contribution in [1.29, 1.82) is 0 Å². The van der Waals surface area contributed by atoms with Crippen LogP contribution in [0.3, 0.4) is 0 Å². The van der Waals surface area contributed by atoms with Crippen molar-refractivity contribution in [3.63, 3.8) is 0 Å². The second-order valence-electron chi connectivity index (χ2n) is 5.18. The van der Waals surface area contributed by atoms with Crippen molar-refractivity contribution in [3.8, 4) is 11.5 Å². The molecule has 19 heavy (non-hydrogen) atoms. The molecule has 1 rings (SSSR count). The Bertz CT molecular complexity index is 439. The molecule has 0 heterocycles. The van der Waals surface area contributed by atoms with Crippen molar-refractivity contribution in [2.45, 2.75) is 26.3 Å². The van der Waals surface area contributed by atoms with E-state index in [9.17, 15) is 4.79 Å². The van der Waals surface area contributed by atoms with Crippen LogP contribution in [-0.2, 0) is 0 Å². The van der Waals surface area contributed by atoms with Gasteiger partial charge in [-0.05, 0) is 32.9 Å². The van der Waals surface area contributed by atoms with Crippen LogP contribution in [0, 0.1) is 6.92 Å². The van der Waals surface area contributed by atoms with E-state index in [1.807, 2.05) is 20.8 Å². The maximum atomic E-state index is 12.1. The van der Waals surface area contributed by atoms with Crippen LogP contribution in [0.5, 0.6) is 11.5 Å². The van der Waals surface area contributed by atoms with Gasteiger partial charge >= 0.3 is 0 Å². The fraction of sp³-hybridized carbons (Fsp3) is 0.500. The topological polar surface area (TPSA) is 73.6 Å². The largest absolute Gasteiger partial charge is 0.496 e. The molecule has 5 nitrogen and oxygen atoms in total. The Labute approximate surface area is 114 Å².